The molecule has 4 unspecified atom stereocenters. The normalized spacial score (nSPS) is 41.0. The molecule has 4 atom stereocenters. The van der Waals surface area contributed by atoms with Crippen LogP contribution in [0.1, 0.15) is 65.7 Å². The van der Waals surface area contributed by atoms with Crippen molar-refractivity contribution in [3.8, 4) is 0 Å². The van der Waals surface area contributed by atoms with E-state index in [4.69, 9.17) is 5.73 Å². The molecule has 2 aliphatic carbocycles. The molecule has 0 amide bonds. The Kier molecular flexibility index (Phi) is 4.38. The van der Waals surface area contributed by atoms with Gasteiger partial charge in [0.1, 0.15) is 0 Å². The quantitative estimate of drug-likeness (QED) is 0.816. The first kappa shape index (κ1) is 14.3. The maximum atomic E-state index is 6.40. The number of rotatable bonds is 2. The summed E-state index contributed by atoms with van der Waals surface area (Å²) in [5, 5.41) is 0. The van der Waals surface area contributed by atoms with Crippen molar-refractivity contribution >= 4 is 0 Å². The summed E-state index contributed by atoms with van der Waals surface area (Å²) in [6, 6.07) is 1.77. The minimum absolute atomic E-state index is 0.389. The van der Waals surface area contributed by atoms with E-state index in [1.165, 1.54) is 44.9 Å². The van der Waals surface area contributed by atoms with Crippen LogP contribution in [0.15, 0.2) is 0 Å². The van der Waals surface area contributed by atoms with Crippen molar-refractivity contribution in [3.05, 3.63) is 0 Å². The smallest absolute Gasteiger partial charge is 0.0252 e. The van der Waals surface area contributed by atoms with Crippen LogP contribution in [0.2, 0.25) is 0 Å². The molecule has 0 radical (unpaired) electrons. The second-order valence-electron chi connectivity index (χ2n) is 7.73. The Morgan fingerprint density at radius 3 is 2.56 bits per heavy atom. The predicted octanol–water partition coefficient (Wildman–Crippen LogP) is 3.40. The molecule has 2 nitrogen and oxygen atoms in total. The Morgan fingerprint density at radius 1 is 1.17 bits per heavy atom. The highest BCUT2D eigenvalue weighted by molar-refractivity contribution is 4.94. The van der Waals surface area contributed by atoms with Gasteiger partial charge in [0.2, 0.25) is 0 Å². The van der Waals surface area contributed by atoms with Crippen molar-refractivity contribution in [1.82, 2.24) is 4.90 Å². The third kappa shape index (κ3) is 3.27. The van der Waals surface area contributed by atoms with E-state index in [0.29, 0.717) is 17.5 Å². The molecule has 0 spiro atoms. The number of hydrogen-bond donors (Lipinski definition) is 1. The molecule has 106 valence electrons. The maximum Gasteiger partial charge on any atom is 0.0252 e. The lowest BCUT2D eigenvalue weighted by atomic mass is 9.72. The summed E-state index contributed by atoms with van der Waals surface area (Å²) in [5.41, 5.74) is 6.88. The summed E-state index contributed by atoms with van der Waals surface area (Å²) in [5.74, 6) is 0.902. The Labute approximate surface area is 113 Å². The predicted molar refractivity (Wildman–Crippen MR) is 78.6 cm³/mol. The fourth-order valence-electron chi connectivity index (χ4n) is 4.06. The fraction of sp³-hybridized carbons (Fsp3) is 1.00. The van der Waals surface area contributed by atoms with Gasteiger partial charge < -0.3 is 5.73 Å². The van der Waals surface area contributed by atoms with E-state index in [9.17, 15) is 0 Å². The zero-order valence-corrected chi connectivity index (χ0v) is 12.8. The summed E-state index contributed by atoms with van der Waals surface area (Å²) < 4.78 is 0. The van der Waals surface area contributed by atoms with E-state index < -0.39 is 0 Å². The molecule has 2 fully saturated rings. The lowest BCUT2D eigenvalue weighted by molar-refractivity contribution is 0.0462. The van der Waals surface area contributed by atoms with Crippen LogP contribution in [-0.2, 0) is 0 Å². The van der Waals surface area contributed by atoms with E-state index >= 15 is 0 Å². The van der Waals surface area contributed by atoms with Gasteiger partial charge in [-0.25, -0.2) is 0 Å². The molecule has 0 saturated heterocycles. The molecule has 2 saturated carbocycles. The van der Waals surface area contributed by atoms with Crippen molar-refractivity contribution in [3.63, 3.8) is 0 Å². The molecule has 0 aromatic heterocycles. The van der Waals surface area contributed by atoms with Crippen LogP contribution < -0.4 is 5.73 Å². The van der Waals surface area contributed by atoms with Crippen molar-refractivity contribution in [2.75, 3.05) is 7.05 Å². The van der Waals surface area contributed by atoms with E-state index in [-0.39, 0.29) is 0 Å². The van der Waals surface area contributed by atoms with E-state index in [0.717, 1.165) is 12.0 Å². The second-order valence-corrected chi connectivity index (χ2v) is 7.73. The Balaban J connectivity index is 1.99. The molecule has 18 heavy (non-hydrogen) atoms. The summed E-state index contributed by atoms with van der Waals surface area (Å²) in [6.07, 6.45) is 9.35. The topological polar surface area (TPSA) is 29.3 Å². The largest absolute Gasteiger partial charge is 0.326 e. The maximum absolute atomic E-state index is 6.40. The van der Waals surface area contributed by atoms with E-state index in [2.05, 4.69) is 32.7 Å². The zero-order valence-electron chi connectivity index (χ0n) is 12.8. The monoisotopic (exact) mass is 252 g/mol. The number of nitrogens with zero attached hydrogens (tertiary/aromatic N) is 1. The van der Waals surface area contributed by atoms with Crippen LogP contribution in [0, 0.1) is 11.3 Å². The molecule has 0 bridgehead atoms. The highest BCUT2D eigenvalue weighted by Crippen LogP contribution is 2.38. The van der Waals surface area contributed by atoms with Gasteiger partial charge in [-0.2, -0.15) is 0 Å². The Bertz CT molecular complexity index is 274. The third-order valence-corrected chi connectivity index (χ3v) is 5.42. The standard InChI is InChI=1S/C16H32N2/c1-12-6-5-7-13(10-12)18(4)15-11-16(2,3)9-8-14(15)17/h12-15H,5-11,17H2,1-4H3. The van der Waals surface area contributed by atoms with Crippen molar-refractivity contribution in [2.24, 2.45) is 17.1 Å². The van der Waals surface area contributed by atoms with Crippen LogP contribution >= 0.6 is 0 Å². The fourth-order valence-corrected chi connectivity index (χ4v) is 4.06. The summed E-state index contributed by atoms with van der Waals surface area (Å²) in [4.78, 5) is 2.64. The van der Waals surface area contributed by atoms with Gasteiger partial charge in [0, 0.05) is 18.1 Å². The van der Waals surface area contributed by atoms with Crippen molar-refractivity contribution in [2.45, 2.75) is 83.8 Å². The lowest BCUT2D eigenvalue weighted by Crippen LogP contribution is -2.55. The van der Waals surface area contributed by atoms with Gasteiger partial charge in [-0.05, 0) is 50.5 Å². The molecule has 2 rings (SSSR count). The molecule has 2 aliphatic rings. The van der Waals surface area contributed by atoms with Gasteiger partial charge in [0.05, 0.1) is 0 Å². The van der Waals surface area contributed by atoms with Crippen molar-refractivity contribution < 1.29 is 0 Å². The SMILES string of the molecule is CC1CCCC(N(C)C2CC(C)(C)CCC2N)C1. The number of hydrogen-bond acceptors (Lipinski definition) is 2. The van der Waals surface area contributed by atoms with Crippen molar-refractivity contribution in [1.29, 1.82) is 0 Å². The zero-order chi connectivity index (χ0) is 13.3. The number of likely N-dealkylation sites (N-methyl/N-ethyl adjacent to an activating group) is 1. The van der Waals surface area contributed by atoms with Crippen LogP contribution in [0.3, 0.4) is 0 Å². The van der Waals surface area contributed by atoms with Crippen LogP contribution in [0.5, 0.6) is 0 Å². The minimum atomic E-state index is 0.389. The van der Waals surface area contributed by atoms with Crippen LogP contribution in [0.4, 0.5) is 0 Å². The molecular weight excluding hydrogens is 220 g/mol. The van der Waals surface area contributed by atoms with Gasteiger partial charge in [-0.3, -0.25) is 4.90 Å². The molecule has 2 N–H and O–H groups in total. The average Bonchev–Trinajstić information content (AvgIpc) is 2.31. The molecular formula is C16H32N2. The van der Waals surface area contributed by atoms with Gasteiger partial charge in [-0.1, -0.05) is 33.6 Å². The molecule has 0 aromatic carbocycles. The third-order valence-electron chi connectivity index (χ3n) is 5.42. The van der Waals surface area contributed by atoms with Gasteiger partial charge in [0.25, 0.3) is 0 Å². The lowest BCUT2D eigenvalue weighted by Gasteiger charge is -2.47. The molecule has 0 heterocycles. The average molecular weight is 252 g/mol. The van der Waals surface area contributed by atoms with Gasteiger partial charge in [-0.15, -0.1) is 0 Å². The highest BCUT2D eigenvalue weighted by Gasteiger charge is 2.37. The van der Waals surface area contributed by atoms with E-state index in [1.54, 1.807) is 0 Å². The molecule has 0 aromatic rings. The summed E-state index contributed by atoms with van der Waals surface area (Å²) >= 11 is 0. The minimum Gasteiger partial charge on any atom is -0.326 e. The molecule has 2 heteroatoms. The number of nitrogens with two attached hydrogens (primary N) is 1. The summed E-state index contributed by atoms with van der Waals surface area (Å²) in [7, 11) is 2.33. The van der Waals surface area contributed by atoms with Gasteiger partial charge in [0.15, 0.2) is 0 Å². The second kappa shape index (κ2) is 5.50. The van der Waals surface area contributed by atoms with Gasteiger partial charge >= 0.3 is 0 Å². The first-order valence-electron chi connectivity index (χ1n) is 7.86. The first-order valence-corrected chi connectivity index (χ1v) is 7.86. The summed E-state index contributed by atoms with van der Waals surface area (Å²) in [6.45, 7) is 7.22. The van der Waals surface area contributed by atoms with E-state index in [1.807, 2.05) is 0 Å². The van der Waals surface area contributed by atoms with Crippen LogP contribution in [0.25, 0.3) is 0 Å². The first-order chi connectivity index (χ1) is 8.39. The Hall–Kier alpha value is -0.0800. The molecule has 0 aliphatic heterocycles. The van der Waals surface area contributed by atoms with Crippen LogP contribution in [-0.4, -0.2) is 30.1 Å². The highest BCUT2D eigenvalue weighted by atomic mass is 15.2. The Morgan fingerprint density at radius 2 is 1.89 bits per heavy atom.